The molecule has 8 heteroatoms. The molecule has 2 aromatic rings. The highest BCUT2D eigenvalue weighted by Crippen LogP contribution is 2.40. The second-order valence-corrected chi connectivity index (χ2v) is 7.43. The summed E-state index contributed by atoms with van der Waals surface area (Å²) in [7, 11) is 2.90. The number of carbonyl (C=O) groups excluding carboxylic acids is 2. The number of pyridine rings is 1. The first kappa shape index (κ1) is 23.3. The van der Waals surface area contributed by atoms with Crippen LogP contribution in [0.15, 0.2) is 60.4 Å². The van der Waals surface area contributed by atoms with E-state index in [0.29, 0.717) is 22.9 Å². The number of hydrogen-bond donors (Lipinski definition) is 0. The zero-order chi connectivity index (χ0) is 23.1. The fraction of sp³-hybridized carbons (Fsp3) is 0.292. The summed E-state index contributed by atoms with van der Waals surface area (Å²) in [5.74, 6) is -0.516. The molecular formula is C24H25ClN2O5. The Morgan fingerprint density at radius 1 is 1.22 bits per heavy atom. The number of benzene rings is 1. The van der Waals surface area contributed by atoms with Crippen LogP contribution >= 0.6 is 11.6 Å². The summed E-state index contributed by atoms with van der Waals surface area (Å²) in [4.78, 5) is 31.0. The van der Waals surface area contributed by atoms with Crippen molar-refractivity contribution < 1.29 is 23.8 Å². The molecule has 0 amide bonds. The second-order valence-electron chi connectivity index (χ2n) is 7.02. The molecule has 1 aliphatic heterocycles. The number of rotatable bonds is 7. The van der Waals surface area contributed by atoms with E-state index < -0.39 is 18.0 Å². The van der Waals surface area contributed by atoms with Gasteiger partial charge >= 0.3 is 11.9 Å². The van der Waals surface area contributed by atoms with Gasteiger partial charge in [0.25, 0.3) is 0 Å². The second kappa shape index (κ2) is 10.8. The van der Waals surface area contributed by atoms with E-state index in [4.69, 9.17) is 25.8 Å². The number of ether oxygens (including phenoxy) is 3. The van der Waals surface area contributed by atoms with Gasteiger partial charge in [-0.1, -0.05) is 17.7 Å². The molecule has 7 nitrogen and oxygen atoms in total. The SMILES string of the molecule is CCOC(=O)[C@H]1[C@@H](/C=C/C(=O)OC)C/C(=C\c2ncccc2Cl)N1c1ccc(OC)cc1. The van der Waals surface area contributed by atoms with Crippen LogP contribution in [-0.4, -0.2) is 43.8 Å². The van der Waals surface area contributed by atoms with Gasteiger partial charge in [0.1, 0.15) is 11.8 Å². The maximum atomic E-state index is 13.0. The van der Waals surface area contributed by atoms with Crippen molar-refractivity contribution in [2.24, 2.45) is 5.92 Å². The molecule has 1 aliphatic rings. The first-order chi connectivity index (χ1) is 15.5. The Hall–Kier alpha value is -3.32. The number of hydrogen-bond acceptors (Lipinski definition) is 7. The number of methoxy groups -OCH3 is 2. The lowest BCUT2D eigenvalue weighted by Crippen LogP contribution is -2.40. The van der Waals surface area contributed by atoms with Crippen LogP contribution in [0.3, 0.4) is 0 Å². The highest BCUT2D eigenvalue weighted by molar-refractivity contribution is 6.31. The van der Waals surface area contributed by atoms with Crippen LogP contribution < -0.4 is 9.64 Å². The van der Waals surface area contributed by atoms with Gasteiger partial charge in [0, 0.05) is 29.6 Å². The topological polar surface area (TPSA) is 78.0 Å². The molecule has 2 heterocycles. The fourth-order valence-corrected chi connectivity index (χ4v) is 3.81. The summed E-state index contributed by atoms with van der Waals surface area (Å²) in [6.45, 7) is 2.00. The third kappa shape index (κ3) is 5.29. The van der Waals surface area contributed by atoms with Crippen molar-refractivity contribution in [3.63, 3.8) is 0 Å². The van der Waals surface area contributed by atoms with Crippen molar-refractivity contribution in [1.82, 2.24) is 4.98 Å². The summed E-state index contributed by atoms with van der Waals surface area (Å²) >= 11 is 6.33. The molecule has 168 valence electrons. The Labute approximate surface area is 192 Å². The zero-order valence-electron chi connectivity index (χ0n) is 18.2. The van der Waals surface area contributed by atoms with Gasteiger partial charge in [0.2, 0.25) is 0 Å². The van der Waals surface area contributed by atoms with Crippen molar-refractivity contribution in [3.8, 4) is 5.75 Å². The Kier molecular flexibility index (Phi) is 7.89. The lowest BCUT2D eigenvalue weighted by atomic mass is 9.99. The Morgan fingerprint density at radius 3 is 2.59 bits per heavy atom. The predicted molar refractivity (Wildman–Crippen MR) is 122 cm³/mol. The molecule has 0 N–H and O–H groups in total. The molecule has 1 aromatic carbocycles. The minimum Gasteiger partial charge on any atom is -0.497 e. The van der Waals surface area contributed by atoms with Crippen LogP contribution in [0.4, 0.5) is 5.69 Å². The van der Waals surface area contributed by atoms with Crippen molar-refractivity contribution in [3.05, 3.63) is 71.2 Å². The average molecular weight is 457 g/mol. The lowest BCUT2D eigenvalue weighted by Gasteiger charge is -2.28. The molecule has 1 fully saturated rings. The summed E-state index contributed by atoms with van der Waals surface area (Å²) in [6, 6.07) is 10.2. The molecule has 1 saturated heterocycles. The number of aromatic nitrogens is 1. The van der Waals surface area contributed by atoms with E-state index in [-0.39, 0.29) is 12.5 Å². The van der Waals surface area contributed by atoms with Crippen molar-refractivity contribution in [2.75, 3.05) is 25.7 Å². The van der Waals surface area contributed by atoms with Crippen LogP contribution in [0.5, 0.6) is 5.75 Å². The van der Waals surface area contributed by atoms with E-state index in [9.17, 15) is 9.59 Å². The minimum absolute atomic E-state index is 0.240. The van der Waals surface area contributed by atoms with Gasteiger partial charge in [0.05, 0.1) is 31.5 Å². The van der Waals surface area contributed by atoms with Gasteiger partial charge < -0.3 is 19.1 Å². The van der Waals surface area contributed by atoms with Gasteiger partial charge in [-0.25, -0.2) is 9.59 Å². The highest BCUT2D eigenvalue weighted by atomic mass is 35.5. The van der Waals surface area contributed by atoms with Gasteiger partial charge in [-0.15, -0.1) is 0 Å². The van der Waals surface area contributed by atoms with Crippen molar-refractivity contribution in [1.29, 1.82) is 0 Å². The summed E-state index contributed by atoms with van der Waals surface area (Å²) < 4.78 is 15.4. The molecule has 0 saturated carbocycles. The smallest absolute Gasteiger partial charge is 0.330 e. The molecule has 32 heavy (non-hydrogen) atoms. The quantitative estimate of drug-likeness (QED) is 0.454. The highest BCUT2D eigenvalue weighted by Gasteiger charge is 2.42. The molecule has 0 spiro atoms. The molecule has 0 bridgehead atoms. The number of esters is 2. The van der Waals surface area contributed by atoms with E-state index in [1.807, 2.05) is 35.2 Å². The maximum Gasteiger partial charge on any atom is 0.330 e. The van der Waals surface area contributed by atoms with Crippen LogP contribution in [0.1, 0.15) is 19.0 Å². The molecule has 3 rings (SSSR count). The Balaban J connectivity index is 2.11. The largest absolute Gasteiger partial charge is 0.497 e. The molecule has 2 atom stereocenters. The maximum absolute atomic E-state index is 13.0. The standard InChI is InChI=1S/C24H25ClN2O5/c1-4-32-24(29)23-16(7-12-22(28)31-3)14-18(15-21-20(25)6-5-13-26-21)27(23)17-8-10-19(30-2)11-9-17/h5-13,15-16,23H,4,14H2,1-3H3/b12-7+,18-15+/t16-,23+/m0/s1. The molecule has 0 unspecified atom stereocenters. The van der Waals surface area contributed by atoms with Gasteiger partial charge in [-0.2, -0.15) is 0 Å². The summed E-state index contributed by atoms with van der Waals surface area (Å²) in [5, 5.41) is 0.496. The Morgan fingerprint density at radius 2 is 1.97 bits per heavy atom. The first-order valence-corrected chi connectivity index (χ1v) is 10.5. The molecule has 0 radical (unpaired) electrons. The van der Waals surface area contributed by atoms with E-state index in [0.717, 1.165) is 11.4 Å². The third-order valence-corrected chi connectivity index (χ3v) is 5.41. The normalized spacial score (nSPS) is 19.4. The number of halogens is 1. The number of carbonyl (C=O) groups is 2. The van der Waals surface area contributed by atoms with E-state index in [1.54, 1.807) is 38.4 Å². The van der Waals surface area contributed by atoms with Crippen LogP contribution in [0.2, 0.25) is 5.02 Å². The fourth-order valence-electron chi connectivity index (χ4n) is 3.63. The lowest BCUT2D eigenvalue weighted by molar-refractivity contribution is -0.145. The predicted octanol–water partition coefficient (Wildman–Crippen LogP) is 4.27. The molecule has 0 aliphatic carbocycles. The van der Waals surface area contributed by atoms with Crippen LogP contribution in [-0.2, 0) is 19.1 Å². The number of nitrogens with zero attached hydrogens (tertiary/aromatic N) is 2. The van der Waals surface area contributed by atoms with Crippen LogP contribution in [0, 0.1) is 5.92 Å². The zero-order valence-corrected chi connectivity index (χ0v) is 18.9. The summed E-state index contributed by atoms with van der Waals surface area (Å²) in [6.07, 6.45) is 6.99. The summed E-state index contributed by atoms with van der Waals surface area (Å²) in [5.41, 5.74) is 2.17. The van der Waals surface area contributed by atoms with E-state index in [2.05, 4.69) is 4.98 Å². The van der Waals surface area contributed by atoms with Gasteiger partial charge in [-0.3, -0.25) is 4.98 Å². The van der Waals surface area contributed by atoms with Gasteiger partial charge in [-0.05, 0) is 55.8 Å². The van der Waals surface area contributed by atoms with Crippen LogP contribution in [0.25, 0.3) is 6.08 Å². The monoisotopic (exact) mass is 456 g/mol. The number of anilines is 1. The molecular weight excluding hydrogens is 432 g/mol. The van der Waals surface area contributed by atoms with E-state index >= 15 is 0 Å². The minimum atomic E-state index is -0.682. The number of allylic oxidation sites excluding steroid dienone is 1. The third-order valence-electron chi connectivity index (χ3n) is 5.09. The van der Waals surface area contributed by atoms with Gasteiger partial charge in [0.15, 0.2) is 0 Å². The first-order valence-electron chi connectivity index (χ1n) is 10.2. The van der Waals surface area contributed by atoms with Crippen molar-refractivity contribution in [2.45, 2.75) is 19.4 Å². The Bertz CT molecular complexity index is 1020. The molecule has 1 aromatic heterocycles. The van der Waals surface area contributed by atoms with E-state index in [1.165, 1.54) is 13.2 Å². The van der Waals surface area contributed by atoms with Crippen molar-refractivity contribution >= 4 is 35.3 Å². The average Bonchev–Trinajstić information content (AvgIpc) is 3.17.